The van der Waals surface area contributed by atoms with Gasteiger partial charge in [0.15, 0.2) is 0 Å². The van der Waals surface area contributed by atoms with E-state index in [0.29, 0.717) is 5.56 Å². The number of rotatable bonds is 7. The Bertz CT molecular complexity index is 701. The summed E-state index contributed by atoms with van der Waals surface area (Å²) in [6.45, 7) is 0.950. The summed E-state index contributed by atoms with van der Waals surface area (Å²) in [5, 5.41) is 3.98. The fourth-order valence-corrected chi connectivity index (χ4v) is 2.47. The van der Waals surface area contributed by atoms with E-state index in [9.17, 15) is 13.6 Å². The molecule has 0 saturated heterocycles. The van der Waals surface area contributed by atoms with Crippen LogP contribution in [0.1, 0.15) is 30.9 Å². The van der Waals surface area contributed by atoms with Gasteiger partial charge in [-0.1, -0.05) is 56.3 Å². The van der Waals surface area contributed by atoms with Gasteiger partial charge in [-0.3, -0.25) is 4.79 Å². The molecule has 1 N–H and O–H groups in total. The fourth-order valence-electron chi connectivity index (χ4n) is 2.47. The Morgan fingerprint density at radius 3 is 2.28 bits per heavy atom. The first-order valence-electron chi connectivity index (χ1n) is 7.90. The monoisotopic (exact) mass is 346 g/mol. The Hall–Kier alpha value is -2.76. The fraction of sp³-hybridized carbons (Fsp3) is 0.263. The number of carbonyl (C=O) groups is 1. The molecule has 2 aromatic rings. The summed E-state index contributed by atoms with van der Waals surface area (Å²) in [5.74, 6) is -0.643. The zero-order valence-electron chi connectivity index (χ0n) is 14.0. The second-order valence-electron chi connectivity index (χ2n) is 5.81. The van der Waals surface area contributed by atoms with Crippen molar-refractivity contribution in [3.8, 4) is 5.75 Å². The van der Waals surface area contributed by atoms with Gasteiger partial charge in [-0.15, -0.1) is 0 Å². The van der Waals surface area contributed by atoms with Crippen molar-refractivity contribution in [3.63, 3.8) is 0 Å². The van der Waals surface area contributed by atoms with Gasteiger partial charge in [0.1, 0.15) is 5.75 Å². The Morgan fingerprint density at radius 2 is 1.72 bits per heavy atom. The van der Waals surface area contributed by atoms with E-state index in [0.717, 1.165) is 5.56 Å². The van der Waals surface area contributed by atoms with E-state index in [-0.39, 0.29) is 17.6 Å². The largest absolute Gasteiger partial charge is 0.435 e. The van der Waals surface area contributed by atoms with Crippen LogP contribution in [-0.2, 0) is 4.79 Å². The van der Waals surface area contributed by atoms with Crippen LogP contribution in [0.3, 0.4) is 0 Å². The maximum Gasteiger partial charge on any atom is 0.387 e. The molecule has 132 valence electrons. The van der Waals surface area contributed by atoms with Crippen LogP contribution < -0.4 is 10.2 Å². The number of nitrogens with zero attached hydrogens (tertiary/aromatic N) is 1. The molecule has 6 heteroatoms. The Morgan fingerprint density at radius 1 is 1.08 bits per heavy atom. The highest BCUT2D eigenvalue weighted by Crippen LogP contribution is 2.27. The molecule has 2 rings (SSSR count). The van der Waals surface area contributed by atoms with Crippen molar-refractivity contribution < 1.29 is 18.3 Å². The number of hydrogen-bond acceptors (Lipinski definition) is 3. The van der Waals surface area contributed by atoms with Crippen molar-refractivity contribution in [2.75, 3.05) is 0 Å². The highest BCUT2D eigenvalue weighted by molar-refractivity contribution is 5.86. The number of hydrazone groups is 1. The van der Waals surface area contributed by atoms with Crippen LogP contribution in [0.25, 0.3) is 0 Å². The molecule has 2 aromatic carbocycles. The molecular formula is C19H20F2N2O2. The van der Waals surface area contributed by atoms with Gasteiger partial charge in [0.25, 0.3) is 0 Å². The van der Waals surface area contributed by atoms with Crippen LogP contribution >= 0.6 is 0 Å². The Labute approximate surface area is 145 Å². The van der Waals surface area contributed by atoms with Crippen LogP contribution in [0.4, 0.5) is 8.78 Å². The first-order valence-corrected chi connectivity index (χ1v) is 7.90. The van der Waals surface area contributed by atoms with Crippen LogP contribution in [0.15, 0.2) is 59.7 Å². The van der Waals surface area contributed by atoms with E-state index in [4.69, 9.17) is 0 Å². The molecule has 1 unspecified atom stereocenters. The second-order valence-corrected chi connectivity index (χ2v) is 5.81. The number of hydrogen-bond donors (Lipinski definition) is 1. The maximum absolute atomic E-state index is 12.5. The van der Waals surface area contributed by atoms with Crippen molar-refractivity contribution in [2.24, 2.45) is 11.0 Å². The molecule has 0 aliphatic carbocycles. The first-order chi connectivity index (χ1) is 12.0. The predicted octanol–water partition coefficient (Wildman–Crippen LogP) is 4.18. The number of nitrogens with one attached hydrogen (secondary N) is 1. The van der Waals surface area contributed by atoms with Crippen LogP contribution in [-0.4, -0.2) is 18.7 Å². The topological polar surface area (TPSA) is 50.7 Å². The summed E-state index contributed by atoms with van der Waals surface area (Å²) in [5.41, 5.74) is 4.12. The maximum atomic E-state index is 12.5. The van der Waals surface area contributed by atoms with Crippen molar-refractivity contribution >= 4 is 12.1 Å². The molecule has 25 heavy (non-hydrogen) atoms. The summed E-state index contributed by atoms with van der Waals surface area (Å²) in [6, 6.07) is 15.5. The third-order valence-electron chi connectivity index (χ3n) is 3.60. The number of halogens is 2. The lowest BCUT2D eigenvalue weighted by Crippen LogP contribution is -2.28. The third-order valence-corrected chi connectivity index (χ3v) is 3.60. The lowest BCUT2D eigenvalue weighted by Gasteiger charge is -2.19. The number of benzene rings is 2. The van der Waals surface area contributed by atoms with Gasteiger partial charge in [-0.05, 0) is 29.2 Å². The molecule has 0 aliphatic rings. The van der Waals surface area contributed by atoms with Crippen molar-refractivity contribution in [3.05, 3.63) is 65.7 Å². The number of amides is 1. The van der Waals surface area contributed by atoms with Crippen LogP contribution in [0.2, 0.25) is 0 Å². The summed E-state index contributed by atoms with van der Waals surface area (Å²) in [4.78, 5) is 12.5. The first kappa shape index (κ1) is 18.6. The SMILES string of the molecule is CC(C)C(C(=O)NN=Cc1ccccc1)c1ccc(OC(F)F)cc1. The minimum atomic E-state index is -2.87. The molecular weight excluding hydrogens is 326 g/mol. The lowest BCUT2D eigenvalue weighted by atomic mass is 9.88. The van der Waals surface area contributed by atoms with Gasteiger partial charge in [-0.25, -0.2) is 5.43 Å². The summed E-state index contributed by atoms with van der Waals surface area (Å²) in [6.07, 6.45) is 1.56. The second kappa shape index (κ2) is 8.92. The van der Waals surface area contributed by atoms with Gasteiger partial charge >= 0.3 is 6.61 Å². The number of carbonyl (C=O) groups excluding carboxylic acids is 1. The zero-order valence-corrected chi connectivity index (χ0v) is 14.0. The molecule has 0 bridgehead atoms. The normalized spacial score (nSPS) is 12.6. The minimum Gasteiger partial charge on any atom is -0.435 e. The van der Waals surface area contributed by atoms with Crippen molar-refractivity contribution in [1.29, 1.82) is 0 Å². The molecule has 0 fully saturated rings. The van der Waals surface area contributed by atoms with Crippen LogP contribution in [0, 0.1) is 5.92 Å². The smallest absolute Gasteiger partial charge is 0.387 e. The van der Waals surface area contributed by atoms with E-state index >= 15 is 0 Å². The van der Waals surface area contributed by atoms with Gasteiger partial charge in [0, 0.05) is 0 Å². The average Bonchev–Trinajstić information content (AvgIpc) is 2.57. The molecule has 0 heterocycles. The summed E-state index contributed by atoms with van der Waals surface area (Å²) in [7, 11) is 0. The van der Waals surface area contributed by atoms with E-state index in [1.54, 1.807) is 18.3 Å². The molecule has 0 saturated carbocycles. The third kappa shape index (κ3) is 5.67. The molecule has 0 aliphatic heterocycles. The van der Waals surface area contributed by atoms with Gasteiger partial charge in [-0.2, -0.15) is 13.9 Å². The minimum absolute atomic E-state index is 0.00814. The summed E-state index contributed by atoms with van der Waals surface area (Å²) < 4.78 is 28.8. The van der Waals surface area contributed by atoms with Gasteiger partial charge < -0.3 is 4.74 Å². The summed E-state index contributed by atoms with van der Waals surface area (Å²) >= 11 is 0. The van der Waals surface area contributed by atoms with E-state index in [1.165, 1.54) is 12.1 Å². The quantitative estimate of drug-likeness (QED) is 0.604. The van der Waals surface area contributed by atoms with E-state index in [1.807, 2.05) is 44.2 Å². The zero-order chi connectivity index (χ0) is 18.2. The van der Waals surface area contributed by atoms with Crippen molar-refractivity contribution in [1.82, 2.24) is 5.43 Å². The van der Waals surface area contributed by atoms with E-state index in [2.05, 4.69) is 15.3 Å². The number of alkyl halides is 2. The van der Waals surface area contributed by atoms with E-state index < -0.39 is 12.5 Å². The predicted molar refractivity (Wildman–Crippen MR) is 92.8 cm³/mol. The molecule has 0 aromatic heterocycles. The Balaban J connectivity index is 2.06. The lowest BCUT2D eigenvalue weighted by molar-refractivity contribution is -0.123. The number of ether oxygens (including phenoxy) is 1. The van der Waals surface area contributed by atoms with Crippen molar-refractivity contribution in [2.45, 2.75) is 26.4 Å². The van der Waals surface area contributed by atoms with Gasteiger partial charge in [0.05, 0.1) is 12.1 Å². The highest BCUT2D eigenvalue weighted by Gasteiger charge is 2.24. The molecule has 0 radical (unpaired) electrons. The van der Waals surface area contributed by atoms with Gasteiger partial charge in [0.2, 0.25) is 5.91 Å². The standard InChI is InChI=1S/C19H20F2N2O2/c1-13(2)17(15-8-10-16(11-9-15)25-19(20)21)18(24)23-22-12-14-6-4-3-5-7-14/h3-13,17,19H,1-2H3,(H,23,24). The Kier molecular flexibility index (Phi) is 6.62. The average molecular weight is 346 g/mol. The molecule has 1 amide bonds. The molecule has 1 atom stereocenters. The molecule has 0 spiro atoms. The highest BCUT2D eigenvalue weighted by atomic mass is 19.3. The van der Waals surface area contributed by atoms with Crippen LogP contribution in [0.5, 0.6) is 5.75 Å². The molecule has 4 nitrogen and oxygen atoms in total.